The third-order valence-corrected chi connectivity index (χ3v) is 8.09. The van der Waals surface area contributed by atoms with Gasteiger partial charge in [0, 0.05) is 46.0 Å². The number of hydrogen-bond acceptors (Lipinski definition) is 5. The minimum atomic E-state index is -0.435. The van der Waals surface area contributed by atoms with Gasteiger partial charge in [0.15, 0.2) is 5.69 Å². The van der Waals surface area contributed by atoms with Crippen molar-refractivity contribution in [3.63, 3.8) is 0 Å². The van der Waals surface area contributed by atoms with Gasteiger partial charge >= 0.3 is 5.97 Å². The number of amides is 1. The summed E-state index contributed by atoms with van der Waals surface area (Å²) in [7, 11) is 3.44. The number of hydrogen-bond donors (Lipinski definition) is 0. The van der Waals surface area contributed by atoms with Gasteiger partial charge in [-0.3, -0.25) is 14.4 Å². The molecule has 2 heterocycles. The summed E-state index contributed by atoms with van der Waals surface area (Å²) in [6, 6.07) is 1.42. The van der Waals surface area contributed by atoms with Crippen LogP contribution in [0.5, 0.6) is 5.75 Å². The Bertz CT molecular complexity index is 934. The third kappa shape index (κ3) is 7.92. The van der Waals surface area contributed by atoms with Crippen molar-refractivity contribution in [3.05, 3.63) is 28.2 Å². The lowest BCUT2D eigenvalue weighted by Crippen LogP contribution is -2.60. The molecule has 0 unspecified atom stereocenters. The molecule has 0 radical (unpaired) electrons. The molecule has 1 amide bonds. The predicted octanol–water partition coefficient (Wildman–Crippen LogP) is 6.07. The highest BCUT2D eigenvalue weighted by Crippen LogP contribution is 2.47. The van der Waals surface area contributed by atoms with E-state index < -0.39 is 11.4 Å². The predicted molar refractivity (Wildman–Crippen MR) is 146 cm³/mol. The maximum atomic E-state index is 13.0. The van der Waals surface area contributed by atoms with Gasteiger partial charge in [-0.2, -0.15) is 0 Å². The Balaban J connectivity index is 1.42. The summed E-state index contributed by atoms with van der Waals surface area (Å²) in [4.78, 5) is 40.0. The van der Waals surface area contributed by atoms with Crippen molar-refractivity contribution in [2.24, 2.45) is 5.92 Å². The summed E-state index contributed by atoms with van der Waals surface area (Å²) < 4.78 is 12.7. The number of likely N-dealkylation sites (N-methyl/N-ethyl adjacent to an activating group) is 1. The average molecular weight is 517 g/mol. The lowest BCUT2D eigenvalue weighted by atomic mass is 9.67. The molecule has 7 heteroatoms. The molecule has 37 heavy (non-hydrogen) atoms. The Morgan fingerprint density at radius 2 is 1.51 bits per heavy atom. The van der Waals surface area contributed by atoms with Crippen LogP contribution in [0.3, 0.4) is 0 Å². The molecule has 1 spiro atoms. The van der Waals surface area contributed by atoms with Crippen LogP contribution in [0.2, 0.25) is 0 Å². The molecule has 0 atom stereocenters. The van der Waals surface area contributed by atoms with Crippen LogP contribution in [0, 0.1) is 5.92 Å². The molecule has 1 fully saturated rings. The lowest BCUT2D eigenvalue weighted by molar-refractivity contribution is -0.134. The number of esters is 1. The van der Waals surface area contributed by atoms with Gasteiger partial charge in [0.2, 0.25) is 11.2 Å². The SMILES string of the molecule is CCCCCCCCCCCCCCCC(=O)Oc1c2n(ccc1=O)C1(CC(COC)C1)CN(C)C2=O. The monoisotopic (exact) mass is 516 g/mol. The van der Waals surface area contributed by atoms with E-state index >= 15 is 0 Å². The van der Waals surface area contributed by atoms with Crippen molar-refractivity contribution in [2.75, 3.05) is 27.3 Å². The van der Waals surface area contributed by atoms with E-state index in [2.05, 4.69) is 6.92 Å². The molecule has 2 aliphatic rings. The van der Waals surface area contributed by atoms with Gasteiger partial charge in [-0.15, -0.1) is 0 Å². The Hall–Kier alpha value is -2.15. The molecular weight excluding hydrogens is 468 g/mol. The van der Waals surface area contributed by atoms with E-state index in [4.69, 9.17) is 9.47 Å². The average Bonchev–Trinajstić information content (AvgIpc) is 2.85. The summed E-state index contributed by atoms with van der Waals surface area (Å²) in [5.41, 5.74) is -0.488. The Labute approximate surface area is 222 Å². The first-order valence-corrected chi connectivity index (χ1v) is 14.6. The van der Waals surface area contributed by atoms with Crippen LogP contribution >= 0.6 is 0 Å². The first kappa shape index (κ1) is 29.4. The first-order chi connectivity index (χ1) is 17.9. The summed E-state index contributed by atoms with van der Waals surface area (Å²) >= 11 is 0. The molecule has 3 rings (SSSR count). The van der Waals surface area contributed by atoms with Crippen molar-refractivity contribution < 1.29 is 19.1 Å². The fourth-order valence-corrected chi connectivity index (χ4v) is 6.13. The van der Waals surface area contributed by atoms with Crippen LogP contribution < -0.4 is 10.2 Å². The van der Waals surface area contributed by atoms with Gasteiger partial charge in [0.1, 0.15) is 0 Å². The zero-order valence-electron chi connectivity index (χ0n) is 23.4. The largest absolute Gasteiger partial charge is 0.420 e. The van der Waals surface area contributed by atoms with Gasteiger partial charge in [-0.1, -0.05) is 84.0 Å². The van der Waals surface area contributed by atoms with Gasteiger partial charge in [-0.25, -0.2) is 0 Å². The van der Waals surface area contributed by atoms with Gasteiger partial charge in [0.25, 0.3) is 5.91 Å². The van der Waals surface area contributed by atoms with Crippen LogP contribution in [0.25, 0.3) is 0 Å². The number of fused-ring (bicyclic) bond motifs is 2. The normalized spacial score (nSPS) is 20.7. The molecular formula is C30H48N2O5. The van der Waals surface area contributed by atoms with E-state index in [1.54, 1.807) is 25.3 Å². The number of nitrogens with zero attached hydrogens (tertiary/aromatic N) is 2. The molecule has 1 aromatic heterocycles. The zero-order valence-corrected chi connectivity index (χ0v) is 23.4. The quantitative estimate of drug-likeness (QED) is 0.185. The fraction of sp³-hybridized carbons (Fsp3) is 0.767. The second-order valence-electron chi connectivity index (χ2n) is 11.3. The standard InChI is InChI=1S/C30H48N2O5/c1-4-5-6-7-8-9-10-11-12-13-14-15-16-17-26(34)37-28-25(33)18-19-32-27(28)29(35)31(2)23-30(32)20-24(21-30)22-36-3/h18-19,24H,4-17,20-23H2,1-3H3. The first-order valence-electron chi connectivity index (χ1n) is 14.6. The molecule has 0 saturated heterocycles. The maximum Gasteiger partial charge on any atom is 0.311 e. The van der Waals surface area contributed by atoms with Crippen LogP contribution in [0.4, 0.5) is 0 Å². The molecule has 0 aromatic carbocycles. The summed E-state index contributed by atoms with van der Waals surface area (Å²) in [6.07, 6.45) is 19.7. The number of aromatic nitrogens is 1. The smallest absolute Gasteiger partial charge is 0.311 e. The Morgan fingerprint density at radius 3 is 2.08 bits per heavy atom. The van der Waals surface area contributed by atoms with Crippen LogP contribution in [-0.4, -0.2) is 48.7 Å². The zero-order chi connectivity index (χ0) is 26.7. The van der Waals surface area contributed by atoms with Crippen molar-refractivity contribution in [1.82, 2.24) is 9.47 Å². The van der Waals surface area contributed by atoms with E-state index in [1.165, 1.54) is 70.3 Å². The number of ether oxygens (including phenoxy) is 2. The molecule has 1 aliphatic carbocycles. The van der Waals surface area contributed by atoms with Gasteiger partial charge in [0.05, 0.1) is 5.54 Å². The molecule has 1 saturated carbocycles. The minimum absolute atomic E-state index is 0.117. The van der Waals surface area contributed by atoms with Crippen molar-refractivity contribution in [3.8, 4) is 5.75 Å². The highest BCUT2D eigenvalue weighted by molar-refractivity contribution is 5.96. The van der Waals surface area contributed by atoms with Gasteiger partial charge in [-0.05, 0) is 25.2 Å². The van der Waals surface area contributed by atoms with Crippen LogP contribution in [0.15, 0.2) is 17.1 Å². The van der Waals surface area contributed by atoms with E-state index in [9.17, 15) is 14.4 Å². The highest BCUT2D eigenvalue weighted by atomic mass is 16.5. The molecule has 7 nitrogen and oxygen atoms in total. The molecule has 1 aliphatic heterocycles. The maximum absolute atomic E-state index is 13.0. The fourth-order valence-electron chi connectivity index (χ4n) is 6.13. The highest BCUT2D eigenvalue weighted by Gasteiger charge is 2.51. The van der Waals surface area contributed by atoms with E-state index in [0.717, 1.165) is 32.1 Å². The van der Waals surface area contributed by atoms with Gasteiger partial charge < -0.3 is 18.9 Å². The lowest BCUT2D eigenvalue weighted by Gasteiger charge is -2.54. The molecule has 1 aromatic rings. The van der Waals surface area contributed by atoms with Crippen molar-refractivity contribution in [2.45, 2.75) is 115 Å². The molecule has 0 bridgehead atoms. The second kappa shape index (κ2) is 14.7. The molecule has 208 valence electrons. The number of carbonyl (C=O) groups is 2. The summed E-state index contributed by atoms with van der Waals surface area (Å²) in [5.74, 6) is -0.411. The van der Waals surface area contributed by atoms with Crippen molar-refractivity contribution in [1.29, 1.82) is 0 Å². The molecule has 0 N–H and O–H groups in total. The number of pyridine rings is 1. The second-order valence-corrected chi connectivity index (χ2v) is 11.3. The Morgan fingerprint density at radius 1 is 0.946 bits per heavy atom. The number of unbranched alkanes of at least 4 members (excludes halogenated alkanes) is 12. The minimum Gasteiger partial charge on any atom is -0.420 e. The third-order valence-electron chi connectivity index (χ3n) is 8.09. The Kier molecular flexibility index (Phi) is 11.7. The van der Waals surface area contributed by atoms with Crippen LogP contribution in [0.1, 0.15) is 120 Å². The topological polar surface area (TPSA) is 77.8 Å². The number of rotatable bonds is 17. The number of methoxy groups -OCH3 is 1. The van der Waals surface area contributed by atoms with Crippen molar-refractivity contribution >= 4 is 11.9 Å². The summed E-state index contributed by atoms with van der Waals surface area (Å²) in [5, 5.41) is 0. The van der Waals surface area contributed by atoms with Crippen LogP contribution in [-0.2, 0) is 15.1 Å². The van der Waals surface area contributed by atoms with E-state index in [-0.39, 0.29) is 29.3 Å². The van der Waals surface area contributed by atoms with E-state index in [1.807, 2.05) is 4.57 Å². The van der Waals surface area contributed by atoms with E-state index in [0.29, 0.717) is 19.1 Å². The number of carbonyl (C=O) groups excluding carboxylic acids is 2. The summed E-state index contributed by atoms with van der Waals surface area (Å²) in [6.45, 7) is 3.51.